The van der Waals surface area contributed by atoms with Crippen molar-refractivity contribution in [2.45, 2.75) is 26.3 Å². The van der Waals surface area contributed by atoms with E-state index in [1.165, 1.54) is 19.6 Å². The zero-order valence-corrected chi connectivity index (χ0v) is 16.4. The number of hydrogen-bond donors (Lipinski definition) is 1. The Bertz CT molecular complexity index is 890. The van der Waals surface area contributed by atoms with Crippen LogP contribution in [0.4, 0.5) is 0 Å². The third-order valence-electron chi connectivity index (χ3n) is 4.92. The van der Waals surface area contributed by atoms with Gasteiger partial charge in [0.25, 0.3) is 5.91 Å². The van der Waals surface area contributed by atoms with E-state index in [1.807, 2.05) is 36.4 Å². The normalized spacial score (nSPS) is 17.6. The molecule has 0 aliphatic carbocycles. The van der Waals surface area contributed by atoms with E-state index in [2.05, 4.69) is 29.5 Å². The van der Waals surface area contributed by atoms with Crippen molar-refractivity contribution in [3.63, 3.8) is 0 Å². The van der Waals surface area contributed by atoms with Crippen molar-refractivity contribution < 1.29 is 14.4 Å². The van der Waals surface area contributed by atoms with E-state index >= 15 is 0 Å². The highest BCUT2D eigenvalue weighted by molar-refractivity contribution is 6.00. The lowest BCUT2D eigenvalue weighted by Gasteiger charge is -2.24. The molecule has 6 nitrogen and oxygen atoms in total. The van der Waals surface area contributed by atoms with E-state index in [9.17, 15) is 9.59 Å². The second-order valence-corrected chi connectivity index (χ2v) is 6.96. The van der Waals surface area contributed by atoms with Crippen LogP contribution in [0.5, 0.6) is 0 Å². The molecule has 1 unspecified atom stereocenters. The molecule has 1 aliphatic rings. The summed E-state index contributed by atoms with van der Waals surface area (Å²) < 4.78 is 0. The highest BCUT2D eigenvalue weighted by Crippen LogP contribution is 2.25. The Morgan fingerprint density at radius 3 is 2.54 bits per heavy atom. The fraction of sp³-hybridized carbons (Fsp3) is 0.318. The van der Waals surface area contributed by atoms with E-state index in [1.54, 1.807) is 4.90 Å². The summed E-state index contributed by atoms with van der Waals surface area (Å²) in [6.45, 7) is 4.33. The lowest BCUT2D eigenvalue weighted by molar-refractivity contribution is -0.119. The maximum absolute atomic E-state index is 13.1. The minimum atomic E-state index is -0.138. The first-order chi connectivity index (χ1) is 13.5. The van der Waals surface area contributed by atoms with Crippen LogP contribution in [0.3, 0.4) is 0 Å². The minimum Gasteiger partial charge on any atom is -0.399 e. The molecule has 146 valence electrons. The summed E-state index contributed by atoms with van der Waals surface area (Å²) in [5.74, 6) is -0.194. The molecule has 1 saturated heterocycles. The predicted molar refractivity (Wildman–Crippen MR) is 109 cm³/mol. The van der Waals surface area contributed by atoms with Crippen molar-refractivity contribution in [1.82, 2.24) is 10.2 Å². The van der Waals surface area contributed by atoms with Crippen LogP contribution in [-0.4, -0.2) is 48.7 Å². The molecule has 0 bridgehead atoms. The Balaban J connectivity index is 1.80. The Kier molecular flexibility index (Phi) is 6.09. The maximum atomic E-state index is 13.1. The lowest BCUT2D eigenvalue weighted by Crippen LogP contribution is -2.42. The first kappa shape index (κ1) is 19.6. The van der Waals surface area contributed by atoms with Gasteiger partial charge in [-0.3, -0.25) is 9.59 Å². The largest absolute Gasteiger partial charge is 0.399 e. The Morgan fingerprint density at radius 1 is 1.18 bits per heavy atom. The number of likely N-dealkylation sites (tertiary alicyclic amines) is 1. The molecule has 1 fully saturated rings. The number of hydrogen-bond acceptors (Lipinski definition) is 4. The molecule has 2 aromatic rings. The molecule has 0 spiro atoms. The number of rotatable bonds is 5. The molecule has 28 heavy (non-hydrogen) atoms. The van der Waals surface area contributed by atoms with Gasteiger partial charge in [-0.2, -0.15) is 0 Å². The van der Waals surface area contributed by atoms with Gasteiger partial charge in [-0.05, 0) is 35.7 Å². The average molecular weight is 379 g/mol. The van der Waals surface area contributed by atoms with Gasteiger partial charge in [0.2, 0.25) is 5.91 Å². The van der Waals surface area contributed by atoms with E-state index in [4.69, 9.17) is 4.84 Å². The standard InChI is InChI=1S/C22H25N3O3/c1-15-6-4-5-7-21(15)17-8-10-18(11-9-17)22(27)25-14-19(24-28-3)12-20(25)13-23-16(2)26/h4-11,20H,12-14H2,1-3H3,(H,23,26)/b24-19+. The maximum Gasteiger partial charge on any atom is 0.254 e. The van der Waals surface area contributed by atoms with Gasteiger partial charge in [-0.25, -0.2) is 0 Å². The molecule has 1 atom stereocenters. The zero-order valence-electron chi connectivity index (χ0n) is 16.4. The van der Waals surface area contributed by atoms with E-state index in [-0.39, 0.29) is 17.9 Å². The number of carbonyl (C=O) groups excluding carboxylic acids is 2. The molecule has 0 aromatic heterocycles. The van der Waals surface area contributed by atoms with Gasteiger partial charge >= 0.3 is 0 Å². The summed E-state index contributed by atoms with van der Waals surface area (Å²) in [4.78, 5) is 31.0. The van der Waals surface area contributed by atoms with Crippen molar-refractivity contribution in [2.24, 2.45) is 5.16 Å². The highest BCUT2D eigenvalue weighted by atomic mass is 16.6. The fourth-order valence-corrected chi connectivity index (χ4v) is 3.50. The van der Waals surface area contributed by atoms with Crippen LogP contribution in [0.25, 0.3) is 11.1 Å². The van der Waals surface area contributed by atoms with E-state index < -0.39 is 0 Å². The van der Waals surface area contributed by atoms with Crippen molar-refractivity contribution >= 4 is 17.5 Å². The number of nitrogens with zero attached hydrogens (tertiary/aromatic N) is 2. The fourth-order valence-electron chi connectivity index (χ4n) is 3.50. The van der Waals surface area contributed by atoms with Gasteiger partial charge < -0.3 is 15.1 Å². The lowest BCUT2D eigenvalue weighted by atomic mass is 9.99. The third kappa shape index (κ3) is 4.39. The van der Waals surface area contributed by atoms with Crippen LogP contribution in [0.1, 0.15) is 29.3 Å². The van der Waals surface area contributed by atoms with Gasteiger partial charge in [-0.1, -0.05) is 41.6 Å². The van der Waals surface area contributed by atoms with Gasteiger partial charge in [-0.15, -0.1) is 0 Å². The summed E-state index contributed by atoms with van der Waals surface area (Å²) in [6.07, 6.45) is 0.584. The number of carbonyl (C=O) groups is 2. The number of benzene rings is 2. The molecular weight excluding hydrogens is 354 g/mol. The molecule has 6 heteroatoms. The van der Waals surface area contributed by atoms with Crippen molar-refractivity contribution in [2.75, 3.05) is 20.2 Å². The second-order valence-electron chi connectivity index (χ2n) is 6.96. The smallest absolute Gasteiger partial charge is 0.254 e. The SMILES string of the molecule is CO/N=C1\CC(CNC(C)=O)N(C(=O)c2ccc(-c3ccccc3C)cc2)C1. The summed E-state index contributed by atoms with van der Waals surface area (Å²) in [6, 6.07) is 15.7. The summed E-state index contributed by atoms with van der Waals surface area (Å²) >= 11 is 0. The van der Waals surface area contributed by atoms with E-state index in [0.29, 0.717) is 25.1 Å². The van der Waals surface area contributed by atoms with Gasteiger partial charge in [0.15, 0.2) is 0 Å². The Hall–Kier alpha value is -3.15. The summed E-state index contributed by atoms with van der Waals surface area (Å²) in [5.41, 5.74) is 4.83. The highest BCUT2D eigenvalue weighted by Gasteiger charge is 2.33. The number of amides is 2. The molecule has 0 saturated carbocycles. The van der Waals surface area contributed by atoms with Crippen LogP contribution in [0, 0.1) is 6.92 Å². The number of nitrogens with one attached hydrogen (secondary N) is 1. The Morgan fingerprint density at radius 2 is 1.89 bits per heavy atom. The quantitative estimate of drug-likeness (QED) is 0.812. The predicted octanol–water partition coefficient (Wildman–Crippen LogP) is 3.02. The summed E-state index contributed by atoms with van der Waals surface area (Å²) in [5, 5.41) is 6.80. The molecule has 1 aliphatic heterocycles. The monoisotopic (exact) mass is 379 g/mol. The second kappa shape index (κ2) is 8.69. The molecule has 0 radical (unpaired) electrons. The van der Waals surface area contributed by atoms with E-state index in [0.717, 1.165) is 16.8 Å². The molecular formula is C22H25N3O3. The molecule has 1 N–H and O–H groups in total. The van der Waals surface area contributed by atoms with Gasteiger partial charge in [0.1, 0.15) is 7.11 Å². The Labute approximate surface area is 165 Å². The molecule has 3 rings (SSSR count). The number of aryl methyl sites for hydroxylation is 1. The van der Waals surface area contributed by atoms with Crippen LogP contribution in [0.15, 0.2) is 53.7 Å². The summed E-state index contributed by atoms with van der Waals surface area (Å²) in [7, 11) is 1.49. The minimum absolute atomic E-state index is 0.0759. The first-order valence-corrected chi connectivity index (χ1v) is 9.30. The topological polar surface area (TPSA) is 71.0 Å². The molecule has 2 aromatic carbocycles. The molecule has 1 heterocycles. The van der Waals surface area contributed by atoms with Crippen LogP contribution < -0.4 is 5.32 Å². The van der Waals surface area contributed by atoms with Crippen LogP contribution >= 0.6 is 0 Å². The van der Waals surface area contributed by atoms with Gasteiger partial charge in [0, 0.05) is 25.5 Å². The molecule has 2 amide bonds. The third-order valence-corrected chi connectivity index (χ3v) is 4.92. The van der Waals surface area contributed by atoms with Crippen LogP contribution in [-0.2, 0) is 9.63 Å². The average Bonchev–Trinajstić information content (AvgIpc) is 3.09. The van der Waals surface area contributed by atoms with Crippen molar-refractivity contribution in [1.29, 1.82) is 0 Å². The first-order valence-electron chi connectivity index (χ1n) is 9.30. The number of oxime groups is 1. The van der Waals surface area contributed by atoms with Crippen molar-refractivity contribution in [3.05, 3.63) is 59.7 Å². The van der Waals surface area contributed by atoms with Crippen LogP contribution in [0.2, 0.25) is 0 Å². The van der Waals surface area contributed by atoms with Crippen molar-refractivity contribution in [3.8, 4) is 11.1 Å². The van der Waals surface area contributed by atoms with Gasteiger partial charge in [0.05, 0.1) is 18.3 Å². The zero-order chi connectivity index (χ0) is 20.1.